The van der Waals surface area contributed by atoms with Gasteiger partial charge in [-0.05, 0) is 0 Å². The molecule has 1 saturated heterocycles. The van der Waals surface area contributed by atoms with Crippen molar-refractivity contribution in [1.82, 2.24) is 19.5 Å². The van der Waals surface area contributed by atoms with Crippen molar-refractivity contribution in [3.63, 3.8) is 0 Å². The summed E-state index contributed by atoms with van der Waals surface area (Å²) in [7, 11) is -6.72. The average molecular weight is 919 g/mol. The van der Waals surface area contributed by atoms with Crippen molar-refractivity contribution in [2.24, 2.45) is 0 Å². The van der Waals surface area contributed by atoms with Crippen LogP contribution in [0.3, 0.4) is 0 Å². The van der Waals surface area contributed by atoms with E-state index in [0.29, 0.717) is 17.3 Å². The number of fused-ring (bicyclic) bond motifs is 1. The molecule has 0 bridgehead atoms. The van der Waals surface area contributed by atoms with E-state index in [2.05, 4.69) is 127 Å². The minimum absolute atomic E-state index is 0.000593. The first-order chi connectivity index (χ1) is 24.2. The van der Waals surface area contributed by atoms with Crippen LogP contribution in [0, 0.1) is 0 Å². The number of aromatic nitrogens is 4. The van der Waals surface area contributed by atoms with E-state index in [4.69, 9.17) is 44.6 Å². The third kappa shape index (κ3) is 11.0. The molecule has 0 aliphatic carbocycles. The Labute approximate surface area is 337 Å². The van der Waals surface area contributed by atoms with Crippen molar-refractivity contribution in [3.05, 3.63) is 11.5 Å². The number of imidazole rings is 1. The van der Waals surface area contributed by atoms with Crippen LogP contribution in [-0.4, -0.2) is 87.8 Å². The molecule has 0 spiro atoms. The Hall–Kier alpha value is 0.129. The maximum atomic E-state index is 7.49. The number of hydrogen-bond donors (Lipinski definition) is 0. The van der Waals surface area contributed by atoms with Crippen LogP contribution in [0.1, 0.15) is 128 Å². The van der Waals surface area contributed by atoms with E-state index >= 15 is 0 Å². The van der Waals surface area contributed by atoms with Gasteiger partial charge >= 0.3 is 339 Å². The van der Waals surface area contributed by atoms with Gasteiger partial charge in [-0.1, -0.05) is 0 Å². The molecule has 8 nitrogen and oxygen atoms in total. The minimum atomic E-state index is -3.07. The molecule has 306 valence electrons. The summed E-state index contributed by atoms with van der Waals surface area (Å²) in [5.41, 5.74) is 1.39. The monoisotopic (exact) mass is 918 g/mol. The molecule has 2 aromatic rings. The predicted molar refractivity (Wildman–Crippen MR) is 236 cm³/mol. The topological polar surface area (TPSA) is 80.5 Å². The van der Waals surface area contributed by atoms with Crippen LogP contribution in [0.25, 0.3) is 11.2 Å². The Balaban J connectivity index is 2.31. The van der Waals surface area contributed by atoms with Gasteiger partial charge in [0, 0.05) is 0 Å². The summed E-state index contributed by atoms with van der Waals surface area (Å²) in [6.07, 6.45) is 7.51. The van der Waals surface area contributed by atoms with Crippen LogP contribution in [0.2, 0.25) is 72.9 Å². The first-order valence-electron chi connectivity index (χ1n) is 20.7. The average Bonchev–Trinajstić information content (AvgIpc) is 3.59. The Morgan fingerprint density at radius 1 is 0.717 bits per heavy atom. The SMILES string of the molecule is CCC[CH2][Sn]([CH2]CCC)([CH2]CCC)[c]1nc(Cl)c2ncn(C3O[C@H](CO[Si](C)(C)C(C)(C)C)[C@@H](O[Si](C)(C)C(C)(C)C)[C@H]3O[Si](C)(C)C(C)(C)C)c2n1. The first kappa shape index (κ1) is 47.5. The number of nitrogens with zero attached hydrogens (tertiary/aromatic N) is 4. The third-order valence-electron chi connectivity index (χ3n) is 13.3. The van der Waals surface area contributed by atoms with E-state index in [-0.39, 0.29) is 33.4 Å². The van der Waals surface area contributed by atoms with Gasteiger partial charge in [0.15, 0.2) is 0 Å². The molecule has 0 amide bonds. The zero-order valence-electron chi connectivity index (χ0n) is 37.3. The van der Waals surface area contributed by atoms with Gasteiger partial charge in [-0.3, -0.25) is 0 Å². The number of rotatable bonds is 18. The zero-order valence-corrected chi connectivity index (χ0v) is 43.9. The summed E-state index contributed by atoms with van der Waals surface area (Å²) in [5, 5.41) is 0.506. The summed E-state index contributed by atoms with van der Waals surface area (Å²) < 4.78 is 36.1. The molecule has 1 aliphatic heterocycles. The predicted octanol–water partition coefficient (Wildman–Crippen LogP) is 12.2. The van der Waals surface area contributed by atoms with Crippen LogP contribution in [0.5, 0.6) is 0 Å². The zero-order chi connectivity index (χ0) is 40.4. The summed E-state index contributed by atoms with van der Waals surface area (Å²) in [5.74, 6) is 0. The van der Waals surface area contributed by atoms with Crippen LogP contribution in [0.15, 0.2) is 6.33 Å². The van der Waals surface area contributed by atoms with E-state index in [1.165, 1.54) is 51.8 Å². The van der Waals surface area contributed by atoms with Crippen molar-refractivity contribution in [3.8, 4) is 0 Å². The fourth-order valence-corrected chi connectivity index (χ4v) is 25.3. The van der Waals surface area contributed by atoms with Crippen LogP contribution < -0.4 is 3.84 Å². The number of halogens is 1. The number of hydrogen-bond acceptors (Lipinski definition) is 7. The molecule has 13 heteroatoms. The van der Waals surface area contributed by atoms with Crippen molar-refractivity contribution in [2.75, 3.05) is 6.61 Å². The second-order valence-corrected chi connectivity index (χ2v) is 48.1. The van der Waals surface area contributed by atoms with E-state index in [0.717, 1.165) is 9.49 Å². The molecule has 0 radical (unpaired) electrons. The van der Waals surface area contributed by atoms with E-state index in [9.17, 15) is 0 Å². The molecular formula is C40H79ClN4O4Si3Sn. The standard InChI is InChI=1S/C28H52ClN4O4Si3.3C4H9.Sn/c1-26(2,3)38(10,11)34-16-19-21(36-39(12,13)27(4,5)6)22(37-40(14,15)28(7,8)9)25(35-19)33-18-32-20-23(29)30-17-31-24(20)33;3*1-3-4-2;/h18-19,21-22,25H,16H2,1-15H3;3*1,3-4H2,2H3;/t19-,21-,22-,25?;;;;/m1..../s1. The summed E-state index contributed by atoms with van der Waals surface area (Å²) in [6.45, 7) is 41.9. The number of ether oxygens (including phenoxy) is 1. The first-order valence-corrected chi connectivity index (χ1v) is 37.3. The van der Waals surface area contributed by atoms with E-state index in [1.807, 2.05) is 6.33 Å². The van der Waals surface area contributed by atoms with Crippen molar-refractivity contribution < 1.29 is 18.0 Å². The normalized spacial score (nSPS) is 21.3. The second kappa shape index (κ2) is 18.0. The fourth-order valence-electron chi connectivity index (χ4n) is 6.44. The second-order valence-electron chi connectivity index (χ2n) is 20.6. The van der Waals surface area contributed by atoms with Gasteiger partial charge in [0.1, 0.15) is 0 Å². The Bertz CT molecular complexity index is 1460. The van der Waals surface area contributed by atoms with Crippen molar-refractivity contribution in [2.45, 2.75) is 214 Å². The van der Waals surface area contributed by atoms with Gasteiger partial charge in [0.2, 0.25) is 0 Å². The van der Waals surface area contributed by atoms with Gasteiger partial charge in [0.25, 0.3) is 0 Å². The van der Waals surface area contributed by atoms with Gasteiger partial charge < -0.3 is 0 Å². The van der Waals surface area contributed by atoms with Gasteiger partial charge in [-0.25, -0.2) is 0 Å². The van der Waals surface area contributed by atoms with Gasteiger partial charge in [-0.15, -0.1) is 0 Å². The third-order valence-corrected chi connectivity index (χ3v) is 41.6. The Morgan fingerprint density at radius 2 is 1.17 bits per heavy atom. The molecule has 1 unspecified atom stereocenters. The molecule has 1 aliphatic rings. The molecular weight excluding hydrogens is 839 g/mol. The molecule has 1 fully saturated rings. The number of unbranched alkanes of at least 4 members (excludes halogenated alkanes) is 3. The molecule has 3 heterocycles. The molecule has 0 N–H and O–H groups in total. The van der Waals surface area contributed by atoms with Crippen LogP contribution in [0.4, 0.5) is 0 Å². The van der Waals surface area contributed by atoms with E-state index < -0.39 is 49.6 Å². The quantitative estimate of drug-likeness (QED) is 0.109. The van der Waals surface area contributed by atoms with Gasteiger partial charge in [-0.2, -0.15) is 0 Å². The van der Waals surface area contributed by atoms with Crippen LogP contribution in [-0.2, 0) is 18.0 Å². The molecule has 53 heavy (non-hydrogen) atoms. The van der Waals surface area contributed by atoms with Crippen molar-refractivity contribution >= 4 is 69.9 Å². The summed E-state index contributed by atoms with van der Waals surface area (Å²) in [4.78, 5) is 15.6. The fraction of sp³-hybridized carbons (Fsp3) is 0.875. The Kier molecular flexibility index (Phi) is 16.1. The van der Waals surface area contributed by atoms with E-state index in [1.54, 1.807) is 0 Å². The maximum absolute atomic E-state index is 7.49. The van der Waals surface area contributed by atoms with Crippen LogP contribution >= 0.6 is 11.6 Å². The molecule has 2 aromatic heterocycles. The molecule has 0 saturated carbocycles. The summed E-state index contributed by atoms with van der Waals surface area (Å²) in [6, 6.07) is 0. The molecule has 4 atom stereocenters. The molecule has 3 rings (SSSR count). The summed E-state index contributed by atoms with van der Waals surface area (Å²) >= 11 is 4.07. The molecule has 0 aromatic carbocycles. The van der Waals surface area contributed by atoms with Crippen molar-refractivity contribution in [1.29, 1.82) is 0 Å². The Morgan fingerprint density at radius 3 is 1.60 bits per heavy atom. The van der Waals surface area contributed by atoms with Gasteiger partial charge in [0.05, 0.1) is 0 Å².